The molecule has 1 atom stereocenters. The molecule has 1 saturated heterocycles. The highest BCUT2D eigenvalue weighted by atomic mass is 32.1. The topological polar surface area (TPSA) is 56.6 Å². The van der Waals surface area contributed by atoms with Crippen LogP contribution in [-0.4, -0.2) is 45.9 Å². The Balaban J connectivity index is 1.81. The molecule has 2 rings (SSSR count). The number of thiazole rings is 1. The van der Waals surface area contributed by atoms with Crippen LogP contribution in [0, 0.1) is 5.92 Å². The van der Waals surface area contributed by atoms with Crippen LogP contribution >= 0.6 is 11.3 Å². The smallest absolute Gasteiger partial charge is 0.107 e. The lowest BCUT2D eigenvalue weighted by atomic mass is 9.92. The van der Waals surface area contributed by atoms with Crippen LogP contribution in [-0.2, 0) is 6.54 Å². The lowest BCUT2D eigenvalue weighted by molar-refractivity contribution is 0.0172. The molecule has 108 valence electrons. The van der Waals surface area contributed by atoms with E-state index >= 15 is 0 Å². The minimum absolute atomic E-state index is 0.116. The molecule has 4 nitrogen and oxygen atoms in total. The van der Waals surface area contributed by atoms with Gasteiger partial charge in [0.2, 0.25) is 0 Å². The normalized spacial score (nSPS) is 20.1. The van der Waals surface area contributed by atoms with Crippen LogP contribution in [0.25, 0.3) is 0 Å². The maximum absolute atomic E-state index is 9.64. The van der Waals surface area contributed by atoms with Crippen molar-refractivity contribution in [3.63, 3.8) is 0 Å². The Hall–Kier alpha value is -0.490. The maximum Gasteiger partial charge on any atom is 0.107 e. The second-order valence-corrected chi connectivity index (χ2v) is 6.63. The first-order valence-electron chi connectivity index (χ1n) is 7.05. The molecule has 0 spiro atoms. The number of piperidine rings is 1. The number of aromatic nitrogens is 1. The van der Waals surface area contributed by atoms with Gasteiger partial charge in [0, 0.05) is 5.38 Å². The Morgan fingerprint density at radius 3 is 2.63 bits per heavy atom. The number of hydrogen-bond donors (Lipinski definition) is 2. The highest BCUT2D eigenvalue weighted by Crippen LogP contribution is 2.24. The Kier molecular flexibility index (Phi) is 5.33. The van der Waals surface area contributed by atoms with Gasteiger partial charge in [-0.3, -0.25) is 4.90 Å². The van der Waals surface area contributed by atoms with Crippen LogP contribution in [0.15, 0.2) is 5.38 Å². The van der Waals surface area contributed by atoms with Crippen molar-refractivity contribution in [3.05, 3.63) is 16.1 Å². The molecule has 1 aliphatic rings. The van der Waals surface area contributed by atoms with Gasteiger partial charge in [0.15, 0.2) is 0 Å². The molecule has 2 N–H and O–H groups in total. The van der Waals surface area contributed by atoms with E-state index in [4.69, 9.17) is 5.11 Å². The molecule has 1 unspecified atom stereocenters. The van der Waals surface area contributed by atoms with Crippen LogP contribution in [0.3, 0.4) is 0 Å². The minimum atomic E-state index is -0.547. The number of aliphatic hydroxyl groups is 2. The molecular weight excluding hydrogens is 260 g/mol. The van der Waals surface area contributed by atoms with E-state index in [1.54, 1.807) is 11.3 Å². The van der Waals surface area contributed by atoms with Gasteiger partial charge in [0.05, 0.1) is 24.9 Å². The zero-order chi connectivity index (χ0) is 13.8. The van der Waals surface area contributed by atoms with E-state index in [0.29, 0.717) is 5.92 Å². The first-order valence-corrected chi connectivity index (χ1v) is 7.93. The monoisotopic (exact) mass is 284 g/mol. The average molecular weight is 284 g/mol. The first-order chi connectivity index (χ1) is 9.10. The number of rotatable bonds is 5. The van der Waals surface area contributed by atoms with Crippen molar-refractivity contribution in [2.24, 2.45) is 5.92 Å². The number of hydrogen-bond acceptors (Lipinski definition) is 5. The summed E-state index contributed by atoms with van der Waals surface area (Å²) in [6.45, 7) is 7.10. The molecular formula is C14H24N2O2S. The van der Waals surface area contributed by atoms with E-state index in [1.807, 2.05) is 0 Å². The largest absolute Gasteiger partial charge is 0.394 e. The van der Waals surface area contributed by atoms with Gasteiger partial charge in [-0.05, 0) is 37.8 Å². The third kappa shape index (κ3) is 3.99. The molecule has 19 heavy (non-hydrogen) atoms. The summed E-state index contributed by atoms with van der Waals surface area (Å²) < 4.78 is 0. The first kappa shape index (κ1) is 14.9. The molecule has 0 radical (unpaired) electrons. The van der Waals surface area contributed by atoms with Crippen molar-refractivity contribution in [2.75, 3.05) is 19.7 Å². The molecule has 2 heterocycles. The third-order valence-corrected chi connectivity index (χ3v) is 4.74. The molecule has 1 fully saturated rings. The second-order valence-electron chi connectivity index (χ2n) is 5.68. The molecule has 0 bridgehead atoms. The molecule has 0 amide bonds. The lowest BCUT2D eigenvalue weighted by Gasteiger charge is -2.33. The predicted octanol–water partition coefficient (Wildman–Crippen LogP) is 1.83. The summed E-state index contributed by atoms with van der Waals surface area (Å²) in [5, 5.41) is 22.0. The van der Waals surface area contributed by atoms with Gasteiger partial charge in [-0.15, -0.1) is 11.3 Å². The third-order valence-electron chi connectivity index (χ3n) is 3.88. The van der Waals surface area contributed by atoms with Crippen molar-refractivity contribution in [1.29, 1.82) is 0 Å². The molecule has 1 aromatic rings. The Morgan fingerprint density at radius 1 is 1.42 bits per heavy atom. The van der Waals surface area contributed by atoms with Crippen molar-refractivity contribution in [3.8, 4) is 0 Å². The SMILES string of the molecule is CC(C)c1csc(CN2CCC(C(O)CO)CC2)n1. The summed E-state index contributed by atoms with van der Waals surface area (Å²) >= 11 is 1.74. The summed E-state index contributed by atoms with van der Waals surface area (Å²) in [7, 11) is 0. The number of aliphatic hydroxyl groups excluding tert-OH is 2. The minimum Gasteiger partial charge on any atom is -0.394 e. The zero-order valence-electron chi connectivity index (χ0n) is 11.7. The summed E-state index contributed by atoms with van der Waals surface area (Å²) in [4.78, 5) is 7.05. The van der Waals surface area contributed by atoms with E-state index in [9.17, 15) is 5.11 Å². The van der Waals surface area contributed by atoms with Gasteiger partial charge in [-0.1, -0.05) is 13.8 Å². The molecule has 1 aromatic heterocycles. The van der Waals surface area contributed by atoms with Gasteiger partial charge >= 0.3 is 0 Å². The Morgan fingerprint density at radius 2 is 2.11 bits per heavy atom. The van der Waals surface area contributed by atoms with E-state index in [2.05, 4.69) is 29.1 Å². The number of nitrogens with zero attached hydrogens (tertiary/aromatic N) is 2. The van der Waals surface area contributed by atoms with Gasteiger partial charge in [-0.25, -0.2) is 4.98 Å². The summed E-state index contributed by atoms with van der Waals surface area (Å²) in [6, 6.07) is 0. The van der Waals surface area contributed by atoms with E-state index < -0.39 is 6.10 Å². The average Bonchev–Trinajstić information content (AvgIpc) is 2.87. The summed E-state index contributed by atoms with van der Waals surface area (Å²) in [5.74, 6) is 0.749. The zero-order valence-corrected chi connectivity index (χ0v) is 12.6. The number of likely N-dealkylation sites (tertiary alicyclic amines) is 1. The molecule has 0 aliphatic carbocycles. The van der Waals surface area contributed by atoms with Crippen molar-refractivity contribution in [2.45, 2.75) is 45.3 Å². The van der Waals surface area contributed by atoms with Crippen molar-refractivity contribution < 1.29 is 10.2 Å². The van der Waals surface area contributed by atoms with E-state index in [-0.39, 0.29) is 12.5 Å². The lowest BCUT2D eigenvalue weighted by Crippen LogP contribution is -2.38. The fourth-order valence-corrected chi connectivity index (χ4v) is 3.50. The van der Waals surface area contributed by atoms with Crippen molar-refractivity contribution in [1.82, 2.24) is 9.88 Å². The van der Waals surface area contributed by atoms with Gasteiger partial charge < -0.3 is 10.2 Å². The van der Waals surface area contributed by atoms with Gasteiger partial charge in [0.1, 0.15) is 5.01 Å². The van der Waals surface area contributed by atoms with Gasteiger partial charge in [0.25, 0.3) is 0 Å². The summed E-state index contributed by atoms with van der Waals surface area (Å²) in [6.07, 6.45) is 1.38. The van der Waals surface area contributed by atoms with Crippen LogP contribution in [0.5, 0.6) is 0 Å². The van der Waals surface area contributed by atoms with Crippen molar-refractivity contribution >= 4 is 11.3 Å². The second kappa shape index (κ2) is 6.79. The summed E-state index contributed by atoms with van der Waals surface area (Å²) in [5.41, 5.74) is 1.19. The Labute approximate surface area is 119 Å². The quantitative estimate of drug-likeness (QED) is 0.866. The van der Waals surface area contributed by atoms with E-state index in [0.717, 1.165) is 32.5 Å². The standard InChI is InChI=1S/C14H24N2O2S/c1-10(2)12-9-19-14(15-12)7-16-5-3-11(4-6-16)13(18)8-17/h9-11,13,17-18H,3-8H2,1-2H3. The molecule has 5 heteroatoms. The molecule has 1 aliphatic heterocycles. The molecule has 0 saturated carbocycles. The maximum atomic E-state index is 9.64. The Bertz CT molecular complexity index is 387. The molecule has 0 aromatic carbocycles. The predicted molar refractivity (Wildman–Crippen MR) is 77.3 cm³/mol. The van der Waals surface area contributed by atoms with Crippen LogP contribution < -0.4 is 0 Å². The van der Waals surface area contributed by atoms with Crippen LogP contribution in [0.1, 0.15) is 43.3 Å². The fourth-order valence-electron chi connectivity index (χ4n) is 2.50. The van der Waals surface area contributed by atoms with E-state index in [1.165, 1.54) is 10.7 Å². The van der Waals surface area contributed by atoms with Crippen LogP contribution in [0.4, 0.5) is 0 Å². The highest BCUT2D eigenvalue weighted by Gasteiger charge is 2.25. The van der Waals surface area contributed by atoms with Gasteiger partial charge in [-0.2, -0.15) is 0 Å². The fraction of sp³-hybridized carbons (Fsp3) is 0.786. The highest BCUT2D eigenvalue weighted by molar-refractivity contribution is 7.09. The van der Waals surface area contributed by atoms with Crippen LogP contribution in [0.2, 0.25) is 0 Å².